The van der Waals surface area contributed by atoms with Crippen molar-refractivity contribution < 1.29 is 9.21 Å². The molecule has 4 nitrogen and oxygen atoms in total. The number of hydrogen-bond acceptors (Lipinski definition) is 3. The van der Waals surface area contributed by atoms with Crippen LogP contribution < -0.4 is 0 Å². The minimum absolute atomic E-state index is 0.535. The molecule has 2 heterocycles. The van der Waals surface area contributed by atoms with Crippen LogP contribution in [0, 0.1) is 6.92 Å². The molecule has 4 heteroatoms. The molecule has 0 amide bonds. The Balaban J connectivity index is 2.20. The van der Waals surface area contributed by atoms with Gasteiger partial charge in [0.25, 0.3) is 0 Å². The lowest BCUT2D eigenvalue weighted by atomic mass is 10.1. The van der Waals surface area contributed by atoms with Crippen molar-refractivity contribution in [3.8, 4) is 0 Å². The van der Waals surface area contributed by atoms with Crippen LogP contribution in [0.15, 0.2) is 4.42 Å². The summed E-state index contributed by atoms with van der Waals surface area (Å²) in [6.45, 7) is 4.76. The molecule has 1 aliphatic carbocycles. The van der Waals surface area contributed by atoms with Gasteiger partial charge < -0.3 is 4.42 Å². The Kier molecular flexibility index (Phi) is 2.73. The van der Waals surface area contributed by atoms with E-state index in [1.54, 1.807) is 0 Å². The fourth-order valence-electron chi connectivity index (χ4n) is 3.04. The molecule has 18 heavy (non-hydrogen) atoms. The van der Waals surface area contributed by atoms with Crippen LogP contribution in [0.2, 0.25) is 0 Å². The van der Waals surface area contributed by atoms with Gasteiger partial charge >= 0.3 is 0 Å². The van der Waals surface area contributed by atoms with E-state index >= 15 is 0 Å². The number of fused-ring (bicyclic) bond motifs is 1. The lowest BCUT2D eigenvalue weighted by Crippen LogP contribution is -2.05. The van der Waals surface area contributed by atoms with Crippen molar-refractivity contribution in [2.75, 3.05) is 0 Å². The Labute approximate surface area is 106 Å². The minimum atomic E-state index is 0.535. The molecule has 96 valence electrons. The monoisotopic (exact) mass is 246 g/mol. The Morgan fingerprint density at radius 1 is 1.44 bits per heavy atom. The van der Waals surface area contributed by atoms with Gasteiger partial charge in [-0.3, -0.25) is 9.36 Å². The average Bonchev–Trinajstić information content (AvgIpc) is 3.02. The lowest BCUT2D eigenvalue weighted by molar-refractivity contribution is 0.112. The summed E-state index contributed by atoms with van der Waals surface area (Å²) in [6.07, 6.45) is 5.82. The average molecular weight is 246 g/mol. The van der Waals surface area contributed by atoms with Crippen molar-refractivity contribution in [1.82, 2.24) is 9.55 Å². The third kappa shape index (κ3) is 1.51. The van der Waals surface area contributed by atoms with E-state index in [1.165, 1.54) is 25.7 Å². The molecule has 0 N–H and O–H groups in total. The number of carbonyl (C=O) groups excluding carboxylic acids is 1. The molecule has 0 spiro atoms. The van der Waals surface area contributed by atoms with Gasteiger partial charge in [0.1, 0.15) is 17.1 Å². The molecule has 1 fully saturated rings. The number of imidazole rings is 1. The highest BCUT2D eigenvalue weighted by Gasteiger charge is 2.26. The zero-order chi connectivity index (χ0) is 12.7. The van der Waals surface area contributed by atoms with E-state index in [4.69, 9.17) is 9.40 Å². The number of carbonyl (C=O) groups is 1. The van der Waals surface area contributed by atoms with Gasteiger partial charge in [0.05, 0.1) is 5.56 Å². The number of aromatic nitrogens is 2. The quantitative estimate of drug-likeness (QED) is 0.779. The maximum absolute atomic E-state index is 11.1. The fourth-order valence-corrected chi connectivity index (χ4v) is 3.04. The highest BCUT2D eigenvalue weighted by Crippen LogP contribution is 2.36. The molecular weight excluding hydrogens is 228 g/mol. The Morgan fingerprint density at radius 3 is 2.78 bits per heavy atom. The fraction of sp³-hybridized carbons (Fsp3) is 0.571. The van der Waals surface area contributed by atoms with E-state index in [0.29, 0.717) is 17.2 Å². The molecule has 0 aromatic carbocycles. The van der Waals surface area contributed by atoms with Crippen molar-refractivity contribution in [1.29, 1.82) is 0 Å². The maximum Gasteiger partial charge on any atom is 0.227 e. The standard InChI is InChI=1S/C14H18N2O2/c1-3-16-13(10-6-4-5-7-10)15-12-11(8-17)9(2)18-14(12)16/h8,10H,3-7H2,1-2H3. The first-order valence-corrected chi connectivity index (χ1v) is 6.71. The lowest BCUT2D eigenvalue weighted by Gasteiger charge is -2.10. The summed E-state index contributed by atoms with van der Waals surface area (Å²) in [5, 5.41) is 0. The SMILES string of the molecule is CCn1c(C2CCCC2)nc2c(C=O)c(C)oc21. The molecule has 2 aromatic rings. The van der Waals surface area contributed by atoms with Gasteiger partial charge in [-0.1, -0.05) is 12.8 Å². The maximum atomic E-state index is 11.1. The van der Waals surface area contributed by atoms with Gasteiger partial charge in [-0.2, -0.15) is 0 Å². The Morgan fingerprint density at radius 2 is 2.17 bits per heavy atom. The van der Waals surface area contributed by atoms with Gasteiger partial charge in [-0.05, 0) is 26.7 Å². The predicted molar refractivity (Wildman–Crippen MR) is 69.0 cm³/mol. The molecule has 2 aromatic heterocycles. The highest BCUT2D eigenvalue weighted by atomic mass is 16.3. The second-order valence-corrected chi connectivity index (χ2v) is 5.04. The van der Waals surface area contributed by atoms with E-state index in [2.05, 4.69) is 11.5 Å². The number of hydrogen-bond donors (Lipinski definition) is 0. The van der Waals surface area contributed by atoms with E-state index < -0.39 is 0 Å². The second kappa shape index (κ2) is 4.26. The number of furan rings is 1. The number of aldehydes is 1. The van der Waals surface area contributed by atoms with Crippen LogP contribution in [0.25, 0.3) is 11.2 Å². The molecule has 3 rings (SSSR count). The van der Waals surface area contributed by atoms with Crippen molar-refractivity contribution in [2.45, 2.75) is 52.0 Å². The minimum Gasteiger partial charge on any atom is -0.442 e. The second-order valence-electron chi connectivity index (χ2n) is 5.04. The van der Waals surface area contributed by atoms with Crippen molar-refractivity contribution in [3.05, 3.63) is 17.1 Å². The van der Waals surface area contributed by atoms with E-state index in [1.807, 2.05) is 6.92 Å². The number of nitrogens with zero attached hydrogens (tertiary/aromatic N) is 2. The van der Waals surface area contributed by atoms with Crippen LogP contribution in [0.1, 0.15) is 60.5 Å². The predicted octanol–water partition coefficient (Wildman–Crippen LogP) is 3.43. The van der Waals surface area contributed by atoms with E-state index in [9.17, 15) is 4.79 Å². The summed E-state index contributed by atoms with van der Waals surface area (Å²) in [7, 11) is 0. The third-order valence-electron chi connectivity index (χ3n) is 3.99. The van der Waals surface area contributed by atoms with Crippen molar-refractivity contribution >= 4 is 17.5 Å². The van der Waals surface area contributed by atoms with Crippen molar-refractivity contribution in [3.63, 3.8) is 0 Å². The first-order valence-electron chi connectivity index (χ1n) is 6.71. The number of rotatable bonds is 3. The van der Waals surface area contributed by atoms with Gasteiger partial charge in [-0.15, -0.1) is 0 Å². The summed E-state index contributed by atoms with van der Waals surface area (Å²) in [4.78, 5) is 15.8. The first kappa shape index (κ1) is 11.5. The largest absolute Gasteiger partial charge is 0.442 e. The Bertz CT molecular complexity index is 588. The molecule has 0 atom stereocenters. The normalized spacial score (nSPS) is 16.8. The molecule has 1 saturated carbocycles. The van der Waals surface area contributed by atoms with Crippen LogP contribution >= 0.6 is 0 Å². The van der Waals surface area contributed by atoms with Crippen LogP contribution in [-0.4, -0.2) is 15.8 Å². The number of aryl methyl sites for hydroxylation is 2. The molecule has 0 radical (unpaired) electrons. The van der Waals surface area contributed by atoms with E-state index in [0.717, 1.165) is 29.9 Å². The van der Waals surface area contributed by atoms with Gasteiger partial charge in [0.2, 0.25) is 5.71 Å². The molecule has 0 saturated heterocycles. The highest BCUT2D eigenvalue weighted by molar-refractivity contribution is 5.94. The van der Waals surface area contributed by atoms with Gasteiger partial charge in [-0.25, -0.2) is 4.98 Å². The smallest absolute Gasteiger partial charge is 0.227 e. The van der Waals surface area contributed by atoms with Gasteiger partial charge in [0.15, 0.2) is 6.29 Å². The Hall–Kier alpha value is -1.58. The molecule has 1 aliphatic rings. The van der Waals surface area contributed by atoms with E-state index in [-0.39, 0.29) is 0 Å². The summed E-state index contributed by atoms with van der Waals surface area (Å²) in [5.41, 5.74) is 2.11. The van der Waals surface area contributed by atoms with Crippen LogP contribution in [0.3, 0.4) is 0 Å². The zero-order valence-corrected chi connectivity index (χ0v) is 10.9. The van der Waals surface area contributed by atoms with Gasteiger partial charge in [0, 0.05) is 12.5 Å². The first-order chi connectivity index (χ1) is 8.76. The summed E-state index contributed by atoms with van der Waals surface area (Å²) < 4.78 is 7.85. The topological polar surface area (TPSA) is 48.0 Å². The molecule has 0 unspecified atom stereocenters. The summed E-state index contributed by atoms with van der Waals surface area (Å²) in [5.74, 6) is 2.31. The third-order valence-corrected chi connectivity index (χ3v) is 3.99. The summed E-state index contributed by atoms with van der Waals surface area (Å²) >= 11 is 0. The zero-order valence-electron chi connectivity index (χ0n) is 10.9. The van der Waals surface area contributed by atoms with Crippen molar-refractivity contribution in [2.24, 2.45) is 0 Å². The molecular formula is C14H18N2O2. The molecule has 0 bridgehead atoms. The van der Waals surface area contributed by atoms with Crippen LogP contribution in [0.5, 0.6) is 0 Å². The molecule has 0 aliphatic heterocycles. The van der Waals surface area contributed by atoms with Crippen LogP contribution in [0.4, 0.5) is 0 Å². The summed E-state index contributed by atoms with van der Waals surface area (Å²) in [6, 6.07) is 0. The van der Waals surface area contributed by atoms with Crippen LogP contribution in [-0.2, 0) is 6.54 Å².